The fourth-order valence-corrected chi connectivity index (χ4v) is 4.00. The van der Waals surface area contributed by atoms with Crippen molar-refractivity contribution in [3.8, 4) is 5.75 Å². The van der Waals surface area contributed by atoms with Gasteiger partial charge in [-0.15, -0.1) is 35.3 Å². The fraction of sp³-hybridized carbons (Fsp3) is 0.524. The third-order valence-corrected chi connectivity index (χ3v) is 5.84. The van der Waals surface area contributed by atoms with Gasteiger partial charge in [0.15, 0.2) is 5.96 Å². The Hall–Kier alpha value is -1.39. The average Bonchev–Trinajstić information content (AvgIpc) is 3.35. The SMILES string of the molecule is CCNC(=NCCc1ccc2c(c1)CCO2)N(C)Cc1csc(C(C)OC)n1.I. The Bertz CT molecular complexity index is 812. The first-order chi connectivity index (χ1) is 13.6. The molecule has 1 unspecified atom stereocenters. The second kappa shape index (κ2) is 11.7. The molecule has 0 amide bonds. The van der Waals surface area contributed by atoms with E-state index in [0.29, 0.717) is 0 Å². The van der Waals surface area contributed by atoms with Gasteiger partial charge in [-0.05, 0) is 37.5 Å². The monoisotopic (exact) mass is 530 g/mol. The van der Waals surface area contributed by atoms with Crippen LogP contribution >= 0.6 is 35.3 Å². The van der Waals surface area contributed by atoms with Crippen molar-refractivity contribution in [2.45, 2.75) is 39.3 Å². The van der Waals surface area contributed by atoms with Gasteiger partial charge in [-0.2, -0.15) is 0 Å². The third-order valence-electron chi connectivity index (χ3n) is 4.78. The lowest BCUT2D eigenvalue weighted by atomic mass is 10.1. The summed E-state index contributed by atoms with van der Waals surface area (Å²) in [5.41, 5.74) is 3.66. The number of methoxy groups -OCH3 is 1. The number of nitrogens with one attached hydrogen (secondary N) is 1. The van der Waals surface area contributed by atoms with E-state index in [0.717, 1.165) is 61.5 Å². The maximum Gasteiger partial charge on any atom is 0.194 e. The van der Waals surface area contributed by atoms with E-state index >= 15 is 0 Å². The van der Waals surface area contributed by atoms with E-state index in [-0.39, 0.29) is 30.1 Å². The van der Waals surface area contributed by atoms with Crippen molar-refractivity contribution in [2.75, 3.05) is 33.9 Å². The van der Waals surface area contributed by atoms with Gasteiger partial charge in [0.1, 0.15) is 16.9 Å². The van der Waals surface area contributed by atoms with Crippen LogP contribution in [0.2, 0.25) is 0 Å². The standard InChI is InChI=1S/C21H30N4O2S.HI/c1-5-22-21(25(3)13-18-14-28-20(24-18)15(2)26-4)23-10-8-16-6-7-19-17(12-16)9-11-27-19;/h6-7,12,14-15H,5,8-11,13H2,1-4H3,(H,22,23);1H. The molecule has 1 aliphatic heterocycles. The molecule has 3 rings (SSSR count). The summed E-state index contributed by atoms with van der Waals surface area (Å²) in [4.78, 5) is 11.6. The number of thiazole rings is 1. The first-order valence-corrected chi connectivity index (χ1v) is 10.7. The zero-order valence-corrected chi connectivity index (χ0v) is 20.8. The Morgan fingerprint density at radius 3 is 3.03 bits per heavy atom. The number of rotatable bonds is 8. The van der Waals surface area contributed by atoms with E-state index < -0.39 is 0 Å². The number of aliphatic imine (C=N–C) groups is 1. The topological polar surface area (TPSA) is 59.0 Å². The van der Waals surface area contributed by atoms with Crippen molar-refractivity contribution in [3.05, 3.63) is 45.4 Å². The van der Waals surface area contributed by atoms with Crippen molar-refractivity contribution in [2.24, 2.45) is 4.99 Å². The van der Waals surface area contributed by atoms with Crippen LogP contribution in [0.15, 0.2) is 28.6 Å². The molecule has 1 aliphatic rings. The summed E-state index contributed by atoms with van der Waals surface area (Å²) in [6.45, 7) is 7.20. The van der Waals surface area contributed by atoms with Crippen LogP contribution in [0.25, 0.3) is 0 Å². The molecule has 0 bridgehead atoms. The molecule has 29 heavy (non-hydrogen) atoms. The summed E-state index contributed by atoms with van der Waals surface area (Å²) < 4.78 is 10.9. The van der Waals surface area contributed by atoms with Gasteiger partial charge in [0.25, 0.3) is 0 Å². The molecular formula is C21H31IN4O2S. The highest BCUT2D eigenvalue weighted by Gasteiger charge is 2.14. The summed E-state index contributed by atoms with van der Waals surface area (Å²) in [5, 5.41) is 6.48. The minimum Gasteiger partial charge on any atom is -0.493 e. The minimum absolute atomic E-state index is 0. The average molecular weight is 530 g/mol. The number of guanidine groups is 1. The van der Waals surface area contributed by atoms with Crippen molar-refractivity contribution >= 4 is 41.3 Å². The van der Waals surface area contributed by atoms with Crippen molar-refractivity contribution < 1.29 is 9.47 Å². The van der Waals surface area contributed by atoms with E-state index in [2.05, 4.69) is 45.7 Å². The zero-order chi connectivity index (χ0) is 19.9. The molecule has 0 fully saturated rings. The highest BCUT2D eigenvalue weighted by atomic mass is 127. The molecule has 1 atom stereocenters. The summed E-state index contributed by atoms with van der Waals surface area (Å²) in [7, 11) is 3.76. The summed E-state index contributed by atoms with van der Waals surface area (Å²) in [6.07, 6.45) is 1.96. The maximum absolute atomic E-state index is 5.58. The summed E-state index contributed by atoms with van der Waals surface area (Å²) in [6, 6.07) is 6.48. The van der Waals surface area contributed by atoms with Gasteiger partial charge in [0.05, 0.1) is 18.8 Å². The van der Waals surface area contributed by atoms with Crippen LogP contribution in [0.4, 0.5) is 0 Å². The van der Waals surface area contributed by atoms with Crippen molar-refractivity contribution in [1.29, 1.82) is 0 Å². The smallest absolute Gasteiger partial charge is 0.194 e. The van der Waals surface area contributed by atoms with E-state index in [1.165, 1.54) is 11.1 Å². The van der Waals surface area contributed by atoms with Crippen LogP contribution in [-0.2, 0) is 24.1 Å². The Morgan fingerprint density at radius 1 is 1.45 bits per heavy atom. The molecule has 6 nitrogen and oxygen atoms in total. The van der Waals surface area contributed by atoms with Gasteiger partial charge in [0.2, 0.25) is 0 Å². The maximum atomic E-state index is 5.58. The minimum atomic E-state index is 0. The number of fused-ring (bicyclic) bond motifs is 1. The first-order valence-electron chi connectivity index (χ1n) is 9.81. The Balaban J connectivity index is 0.00000300. The number of ether oxygens (including phenoxy) is 2. The van der Waals surface area contributed by atoms with E-state index in [9.17, 15) is 0 Å². The molecule has 0 radical (unpaired) electrons. The van der Waals surface area contributed by atoms with Crippen LogP contribution in [0.3, 0.4) is 0 Å². The molecule has 2 heterocycles. The summed E-state index contributed by atoms with van der Waals surface area (Å²) >= 11 is 1.64. The first kappa shape index (κ1) is 23.9. The highest BCUT2D eigenvalue weighted by Crippen LogP contribution is 2.26. The lowest BCUT2D eigenvalue weighted by Crippen LogP contribution is -2.38. The number of nitrogens with zero attached hydrogens (tertiary/aromatic N) is 3. The van der Waals surface area contributed by atoms with Gasteiger partial charge in [0, 0.05) is 39.0 Å². The normalized spacial score (nSPS) is 14.0. The van der Waals surface area contributed by atoms with E-state index in [1.807, 2.05) is 14.0 Å². The van der Waals surface area contributed by atoms with Gasteiger partial charge in [-0.1, -0.05) is 12.1 Å². The van der Waals surface area contributed by atoms with Crippen molar-refractivity contribution in [3.63, 3.8) is 0 Å². The van der Waals surface area contributed by atoms with Gasteiger partial charge in [-0.25, -0.2) is 4.98 Å². The Labute approximate surface area is 194 Å². The predicted molar refractivity (Wildman–Crippen MR) is 130 cm³/mol. The lowest BCUT2D eigenvalue weighted by Gasteiger charge is -2.21. The molecular weight excluding hydrogens is 499 g/mol. The van der Waals surface area contributed by atoms with Crippen LogP contribution in [0.5, 0.6) is 5.75 Å². The third kappa shape index (κ3) is 6.55. The molecule has 1 N–H and O–H groups in total. The second-order valence-corrected chi connectivity index (χ2v) is 7.83. The fourth-order valence-electron chi connectivity index (χ4n) is 3.16. The molecule has 0 saturated carbocycles. The van der Waals surface area contributed by atoms with Crippen LogP contribution < -0.4 is 10.1 Å². The molecule has 8 heteroatoms. The number of hydrogen-bond donors (Lipinski definition) is 1. The van der Waals surface area contributed by atoms with Gasteiger partial charge >= 0.3 is 0 Å². The highest BCUT2D eigenvalue weighted by molar-refractivity contribution is 14.0. The van der Waals surface area contributed by atoms with Crippen LogP contribution in [-0.4, -0.2) is 49.7 Å². The van der Waals surface area contributed by atoms with Crippen LogP contribution in [0.1, 0.15) is 41.8 Å². The van der Waals surface area contributed by atoms with E-state index in [1.54, 1.807) is 18.4 Å². The van der Waals surface area contributed by atoms with Crippen LogP contribution in [0, 0.1) is 0 Å². The summed E-state index contributed by atoms with van der Waals surface area (Å²) in [5.74, 6) is 1.94. The Morgan fingerprint density at radius 2 is 2.28 bits per heavy atom. The van der Waals surface area contributed by atoms with E-state index in [4.69, 9.17) is 14.5 Å². The number of aromatic nitrogens is 1. The van der Waals surface area contributed by atoms with Gasteiger partial charge in [-0.3, -0.25) is 4.99 Å². The lowest BCUT2D eigenvalue weighted by molar-refractivity contribution is 0.119. The molecule has 2 aromatic rings. The number of hydrogen-bond acceptors (Lipinski definition) is 5. The molecule has 1 aromatic carbocycles. The molecule has 0 saturated heterocycles. The predicted octanol–water partition coefficient (Wildman–Crippen LogP) is 4.04. The van der Waals surface area contributed by atoms with Gasteiger partial charge < -0.3 is 19.7 Å². The molecule has 0 aliphatic carbocycles. The quantitative estimate of drug-likeness (QED) is 0.317. The molecule has 160 valence electrons. The molecule has 1 aromatic heterocycles. The second-order valence-electron chi connectivity index (χ2n) is 6.94. The largest absolute Gasteiger partial charge is 0.493 e. The molecule has 0 spiro atoms. The van der Waals surface area contributed by atoms with Crippen molar-refractivity contribution in [1.82, 2.24) is 15.2 Å². The zero-order valence-electron chi connectivity index (χ0n) is 17.6. The number of halogens is 1. The number of benzene rings is 1. The Kier molecular flexibility index (Phi) is 9.64.